The molecule has 5 rings (SSSR count). The standard InChI is InChI=1S/C27H31N3O3/c1-17-6-4-7-24-25(17)29-26(33-24)19-9-11-20(12-10-19)27(31)30(3)22-14-13-21(16-22)28-18(2)23-8-5-15-32-23/h4,6-7,9-12,21-23,28H,2,5,8,13-16H2,1,3H3/t21-,22+,23-/m0/s1. The third kappa shape index (κ3) is 4.40. The highest BCUT2D eigenvalue weighted by molar-refractivity contribution is 5.94. The van der Waals surface area contributed by atoms with Crippen LogP contribution in [0.5, 0.6) is 0 Å². The molecule has 1 N–H and O–H groups in total. The number of amides is 1. The zero-order valence-corrected chi connectivity index (χ0v) is 19.3. The van der Waals surface area contributed by atoms with Gasteiger partial charge in [0.2, 0.25) is 5.89 Å². The number of nitrogens with one attached hydrogen (secondary N) is 1. The molecule has 6 nitrogen and oxygen atoms in total. The lowest BCUT2D eigenvalue weighted by atomic mass is 10.1. The van der Waals surface area contributed by atoms with Crippen molar-refractivity contribution in [1.82, 2.24) is 15.2 Å². The van der Waals surface area contributed by atoms with Gasteiger partial charge in [-0.1, -0.05) is 18.7 Å². The quantitative estimate of drug-likeness (QED) is 0.573. The van der Waals surface area contributed by atoms with E-state index in [1.165, 1.54) is 0 Å². The second-order valence-electron chi connectivity index (χ2n) is 9.27. The third-order valence-corrected chi connectivity index (χ3v) is 6.98. The Morgan fingerprint density at radius 2 is 1.97 bits per heavy atom. The van der Waals surface area contributed by atoms with E-state index in [2.05, 4.69) is 16.9 Å². The third-order valence-electron chi connectivity index (χ3n) is 6.98. The lowest BCUT2D eigenvalue weighted by Gasteiger charge is -2.26. The molecule has 6 heteroatoms. The van der Waals surface area contributed by atoms with Crippen LogP contribution in [0.4, 0.5) is 0 Å². The van der Waals surface area contributed by atoms with Crippen LogP contribution >= 0.6 is 0 Å². The topological polar surface area (TPSA) is 67.6 Å². The number of carbonyl (C=O) groups is 1. The molecule has 2 aliphatic rings. The molecular formula is C27H31N3O3. The summed E-state index contributed by atoms with van der Waals surface area (Å²) < 4.78 is 11.6. The number of rotatable bonds is 6. The van der Waals surface area contributed by atoms with E-state index < -0.39 is 0 Å². The number of para-hydroxylation sites is 1. The van der Waals surface area contributed by atoms with E-state index in [0.29, 0.717) is 17.5 Å². The van der Waals surface area contributed by atoms with Crippen LogP contribution in [0.3, 0.4) is 0 Å². The van der Waals surface area contributed by atoms with E-state index in [1.54, 1.807) is 0 Å². The molecule has 33 heavy (non-hydrogen) atoms. The summed E-state index contributed by atoms with van der Waals surface area (Å²) in [5, 5.41) is 3.55. The van der Waals surface area contributed by atoms with Gasteiger partial charge in [0.15, 0.2) is 5.58 Å². The van der Waals surface area contributed by atoms with Gasteiger partial charge in [-0.25, -0.2) is 4.98 Å². The number of aryl methyl sites for hydroxylation is 1. The first kappa shape index (κ1) is 21.7. The van der Waals surface area contributed by atoms with E-state index in [4.69, 9.17) is 9.15 Å². The Kier molecular flexibility index (Phi) is 5.94. The molecule has 1 saturated carbocycles. The average molecular weight is 446 g/mol. The SMILES string of the molecule is C=C(N[C@H]1CC[C@@H](N(C)C(=O)c2ccc(-c3nc4c(C)cccc4o3)cc2)C1)[C@@H]1CCCO1. The smallest absolute Gasteiger partial charge is 0.253 e. The van der Waals surface area contributed by atoms with Crippen molar-refractivity contribution in [2.24, 2.45) is 0 Å². The van der Waals surface area contributed by atoms with Crippen molar-refractivity contribution in [3.8, 4) is 11.5 Å². The second kappa shape index (κ2) is 9.02. The van der Waals surface area contributed by atoms with Gasteiger partial charge in [-0.15, -0.1) is 0 Å². The maximum atomic E-state index is 13.1. The summed E-state index contributed by atoms with van der Waals surface area (Å²) in [5.41, 5.74) is 5.25. The molecule has 2 aromatic carbocycles. The van der Waals surface area contributed by atoms with Crippen LogP contribution < -0.4 is 5.32 Å². The Labute approximate surface area is 194 Å². The van der Waals surface area contributed by atoms with Crippen LogP contribution in [-0.2, 0) is 4.74 Å². The van der Waals surface area contributed by atoms with Crippen molar-refractivity contribution >= 4 is 17.0 Å². The molecule has 3 atom stereocenters. The number of oxazole rings is 1. The summed E-state index contributed by atoms with van der Waals surface area (Å²) in [4.78, 5) is 19.6. The molecule has 1 saturated heterocycles. The molecule has 1 aromatic heterocycles. The molecule has 0 unspecified atom stereocenters. The molecule has 1 aliphatic heterocycles. The number of carbonyl (C=O) groups excluding carboxylic acids is 1. The summed E-state index contributed by atoms with van der Waals surface area (Å²) >= 11 is 0. The summed E-state index contributed by atoms with van der Waals surface area (Å²) in [6, 6.07) is 14.0. The van der Waals surface area contributed by atoms with Crippen molar-refractivity contribution < 1.29 is 13.9 Å². The zero-order chi connectivity index (χ0) is 22.9. The minimum atomic E-state index is 0.0403. The van der Waals surface area contributed by atoms with Gasteiger partial charge in [-0.05, 0) is 74.9 Å². The first-order valence-electron chi connectivity index (χ1n) is 11.8. The van der Waals surface area contributed by atoms with Gasteiger partial charge in [0.05, 0.1) is 6.10 Å². The van der Waals surface area contributed by atoms with Crippen molar-refractivity contribution in [3.63, 3.8) is 0 Å². The summed E-state index contributed by atoms with van der Waals surface area (Å²) in [5.74, 6) is 0.612. The molecule has 1 amide bonds. The van der Waals surface area contributed by atoms with E-state index in [0.717, 1.165) is 66.6 Å². The van der Waals surface area contributed by atoms with E-state index in [-0.39, 0.29) is 18.1 Å². The number of hydrogen-bond acceptors (Lipinski definition) is 5. The zero-order valence-electron chi connectivity index (χ0n) is 19.3. The Balaban J connectivity index is 1.22. The van der Waals surface area contributed by atoms with Crippen LogP contribution in [0.2, 0.25) is 0 Å². The second-order valence-corrected chi connectivity index (χ2v) is 9.27. The Morgan fingerprint density at radius 1 is 1.15 bits per heavy atom. The van der Waals surface area contributed by atoms with Gasteiger partial charge in [-0.2, -0.15) is 0 Å². The van der Waals surface area contributed by atoms with Crippen molar-refractivity contribution in [2.75, 3.05) is 13.7 Å². The largest absolute Gasteiger partial charge is 0.436 e. The van der Waals surface area contributed by atoms with Crippen molar-refractivity contribution in [3.05, 3.63) is 65.9 Å². The number of hydrogen-bond donors (Lipinski definition) is 1. The van der Waals surface area contributed by atoms with Crippen LogP contribution in [0.1, 0.15) is 48.0 Å². The molecule has 0 radical (unpaired) electrons. The number of ether oxygens (including phenoxy) is 1. The van der Waals surface area contributed by atoms with Crippen LogP contribution in [0.25, 0.3) is 22.6 Å². The molecule has 0 bridgehead atoms. The van der Waals surface area contributed by atoms with Crippen LogP contribution in [0, 0.1) is 6.92 Å². The Hall–Kier alpha value is -3.12. The van der Waals surface area contributed by atoms with Gasteiger partial charge in [0.1, 0.15) is 5.52 Å². The fraction of sp³-hybridized carbons (Fsp3) is 0.407. The first-order valence-corrected chi connectivity index (χ1v) is 11.8. The number of nitrogens with zero attached hydrogens (tertiary/aromatic N) is 2. The number of fused-ring (bicyclic) bond motifs is 1. The highest BCUT2D eigenvalue weighted by Gasteiger charge is 2.31. The maximum Gasteiger partial charge on any atom is 0.253 e. The lowest BCUT2D eigenvalue weighted by Crippen LogP contribution is -2.37. The highest BCUT2D eigenvalue weighted by Crippen LogP contribution is 2.29. The summed E-state index contributed by atoms with van der Waals surface area (Å²) in [7, 11) is 1.90. The fourth-order valence-electron chi connectivity index (χ4n) is 4.98. The highest BCUT2D eigenvalue weighted by atomic mass is 16.5. The molecule has 2 fully saturated rings. The van der Waals surface area contributed by atoms with Crippen LogP contribution in [-0.4, -0.2) is 47.6 Å². The molecule has 0 spiro atoms. The summed E-state index contributed by atoms with van der Waals surface area (Å²) in [6.45, 7) is 7.02. The Morgan fingerprint density at radius 3 is 2.70 bits per heavy atom. The average Bonchev–Trinajstić information content (AvgIpc) is 3.59. The predicted molar refractivity (Wildman–Crippen MR) is 129 cm³/mol. The monoisotopic (exact) mass is 445 g/mol. The minimum Gasteiger partial charge on any atom is -0.436 e. The van der Waals surface area contributed by atoms with E-state index in [9.17, 15) is 4.79 Å². The Bertz CT molecular complexity index is 1160. The molecule has 172 valence electrons. The fourth-order valence-corrected chi connectivity index (χ4v) is 4.98. The van der Waals surface area contributed by atoms with Gasteiger partial charge in [0.25, 0.3) is 5.91 Å². The normalized spacial score (nSPS) is 22.5. The van der Waals surface area contributed by atoms with Crippen molar-refractivity contribution in [1.29, 1.82) is 0 Å². The first-order chi connectivity index (χ1) is 16.0. The molecular weight excluding hydrogens is 414 g/mol. The van der Waals surface area contributed by atoms with Gasteiger partial charge >= 0.3 is 0 Å². The van der Waals surface area contributed by atoms with Gasteiger partial charge in [0, 0.05) is 42.6 Å². The molecule has 2 heterocycles. The maximum absolute atomic E-state index is 13.1. The number of aromatic nitrogens is 1. The van der Waals surface area contributed by atoms with Crippen molar-refractivity contribution in [2.45, 2.75) is 57.2 Å². The van der Waals surface area contributed by atoms with Gasteiger partial charge < -0.3 is 19.4 Å². The van der Waals surface area contributed by atoms with E-state index in [1.807, 2.05) is 61.3 Å². The van der Waals surface area contributed by atoms with E-state index >= 15 is 0 Å². The minimum absolute atomic E-state index is 0.0403. The van der Waals surface area contributed by atoms with Gasteiger partial charge in [-0.3, -0.25) is 4.79 Å². The predicted octanol–water partition coefficient (Wildman–Crippen LogP) is 5.08. The number of benzene rings is 2. The molecule has 1 aliphatic carbocycles. The lowest BCUT2D eigenvalue weighted by molar-refractivity contribution is 0.0733. The summed E-state index contributed by atoms with van der Waals surface area (Å²) in [6.07, 6.45) is 5.21. The van der Waals surface area contributed by atoms with Crippen LogP contribution in [0.15, 0.2) is 59.2 Å². The molecule has 3 aromatic rings.